The van der Waals surface area contributed by atoms with Crippen LogP contribution in [-0.4, -0.2) is 9.46 Å². The second kappa shape index (κ2) is 10.8. The van der Waals surface area contributed by atoms with Crippen molar-refractivity contribution >= 4 is 56.0 Å². The number of hydrogen-bond acceptors (Lipinski definition) is 1. The van der Waals surface area contributed by atoms with E-state index in [0.29, 0.717) is 0 Å². The summed E-state index contributed by atoms with van der Waals surface area (Å²) in [6, 6.07) is 71.1. The van der Waals surface area contributed by atoms with Crippen molar-refractivity contribution in [1.29, 1.82) is 0 Å². The molecule has 0 saturated heterocycles. The lowest BCUT2D eigenvalue weighted by Gasteiger charge is -2.39. The third-order valence-electron chi connectivity index (χ3n) is 13.0. The Morgan fingerprint density at radius 2 is 1.09 bits per heavy atom. The minimum absolute atomic E-state index is 0.599. The predicted molar refractivity (Wildman–Crippen MR) is 235 cm³/mol. The van der Waals surface area contributed by atoms with Crippen LogP contribution in [0.3, 0.4) is 0 Å². The van der Waals surface area contributed by atoms with Crippen molar-refractivity contribution in [2.45, 2.75) is 5.41 Å². The van der Waals surface area contributed by atoms with Crippen LogP contribution in [0.4, 0.5) is 0 Å². The first kappa shape index (κ1) is 30.7. The molecule has 1 aliphatic carbocycles. The number of hydrogen-bond donors (Lipinski definition) is 1. The molecule has 260 valence electrons. The Morgan fingerprint density at radius 3 is 2.02 bits per heavy atom. The topological polar surface area (TPSA) is 25.2 Å². The first-order valence-corrected chi connectivity index (χ1v) is 21.1. The van der Waals surface area contributed by atoms with Gasteiger partial charge in [0.2, 0.25) is 7.49 Å². The molecule has 3 heteroatoms. The molecule has 0 bridgehead atoms. The number of rotatable bonds is 2. The first-order valence-electron chi connectivity index (χ1n) is 19.4. The van der Waals surface area contributed by atoms with Gasteiger partial charge in [-0.1, -0.05) is 146 Å². The van der Waals surface area contributed by atoms with Crippen molar-refractivity contribution in [1.82, 2.24) is 4.57 Å². The van der Waals surface area contributed by atoms with Crippen molar-refractivity contribution in [3.8, 4) is 39.1 Å². The molecule has 2 unspecified atom stereocenters. The van der Waals surface area contributed by atoms with Crippen LogP contribution in [-0.2, 0) is 5.41 Å². The van der Waals surface area contributed by atoms with E-state index in [1.807, 2.05) is 6.07 Å². The van der Waals surface area contributed by atoms with Gasteiger partial charge >= 0.3 is 0 Å². The molecule has 2 aliphatic heterocycles. The Morgan fingerprint density at radius 1 is 0.411 bits per heavy atom. The molecule has 9 aromatic carbocycles. The molecule has 2 nitrogen and oxygen atoms in total. The van der Waals surface area contributed by atoms with Gasteiger partial charge in [0.1, 0.15) is 15.9 Å². The quantitative estimate of drug-likeness (QED) is 0.176. The van der Waals surface area contributed by atoms with E-state index in [0.717, 1.165) is 27.0 Å². The molecule has 1 spiro atoms. The molecule has 1 aromatic heterocycles. The third kappa shape index (κ3) is 3.60. The zero-order valence-electron chi connectivity index (χ0n) is 30.3. The molecule has 0 amide bonds. The van der Waals surface area contributed by atoms with Crippen LogP contribution in [0.5, 0.6) is 0 Å². The van der Waals surface area contributed by atoms with Gasteiger partial charge in [-0.05, 0) is 104 Å². The first-order chi connectivity index (χ1) is 27.7. The summed E-state index contributed by atoms with van der Waals surface area (Å²) < 4.78 is 2.51. The molecule has 3 aliphatic rings. The Bertz CT molecular complexity index is 3340. The number of para-hydroxylation sites is 3. The summed E-state index contributed by atoms with van der Waals surface area (Å²) in [7, 11) is -2.94. The molecular formula is C53H33NOP+. The highest BCUT2D eigenvalue weighted by molar-refractivity contribution is 7.92. The zero-order valence-corrected chi connectivity index (χ0v) is 31.2. The van der Waals surface area contributed by atoms with E-state index in [-0.39, 0.29) is 0 Å². The van der Waals surface area contributed by atoms with Crippen molar-refractivity contribution < 1.29 is 4.89 Å². The summed E-state index contributed by atoms with van der Waals surface area (Å²) in [4.78, 5) is 13.3. The van der Waals surface area contributed by atoms with Crippen molar-refractivity contribution in [3.05, 3.63) is 216 Å². The van der Waals surface area contributed by atoms with Gasteiger partial charge in [-0.15, -0.1) is 0 Å². The van der Waals surface area contributed by atoms with Crippen LogP contribution >= 0.6 is 7.49 Å². The van der Waals surface area contributed by atoms with Crippen LogP contribution < -0.4 is 15.9 Å². The minimum Gasteiger partial charge on any atom is -0.309 e. The molecule has 10 aromatic rings. The minimum atomic E-state index is -2.94. The molecule has 1 N–H and O–H groups in total. The van der Waals surface area contributed by atoms with Crippen molar-refractivity contribution in [2.75, 3.05) is 0 Å². The van der Waals surface area contributed by atoms with Gasteiger partial charge in [0.25, 0.3) is 0 Å². The average molecular weight is 731 g/mol. The number of fused-ring (bicyclic) bond motifs is 16. The summed E-state index contributed by atoms with van der Waals surface area (Å²) >= 11 is 0. The summed E-state index contributed by atoms with van der Waals surface area (Å²) in [5.74, 6) is 0. The number of nitrogens with zero attached hydrogens (tertiary/aromatic N) is 1. The molecule has 13 rings (SSSR count). The summed E-state index contributed by atoms with van der Waals surface area (Å²) in [6.07, 6.45) is 0. The highest BCUT2D eigenvalue weighted by Crippen LogP contribution is 2.65. The van der Waals surface area contributed by atoms with E-state index in [1.54, 1.807) is 0 Å². The molecule has 3 heterocycles. The van der Waals surface area contributed by atoms with Crippen molar-refractivity contribution in [3.63, 3.8) is 0 Å². The molecule has 2 atom stereocenters. The lowest BCUT2D eigenvalue weighted by atomic mass is 9.65. The maximum atomic E-state index is 13.3. The number of aromatic nitrogens is 1. The van der Waals surface area contributed by atoms with Crippen LogP contribution in [0.2, 0.25) is 0 Å². The van der Waals surface area contributed by atoms with Crippen LogP contribution in [0.1, 0.15) is 22.3 Å². The van der Waals surface area contributed by atoms with Gasteiger partial charge < -0.3 is 4.57 Å². The normalized spacial score (nSPS) is 18.2. The average Bonchev–Trinajstić information content (AvgIpc) is 3.85. The summed E-state index contributed by atoms with van der Waals surface area (Å²) in [5, 5.41) is 8.08. The van der Waals surface area contributed by atoms with E-state index in [2.05, 4.69) is 193 Å². The molecule has 0 radical (unpaired) electrons. The maximum Gasteiger partial charge on any atom is 0.239 e. The van der Waals surface area contributed by atoms with Crippen molar-refractivity contribution in [2.24, 2.45) is 0 Å². The lowest BCUT2D eigenvalue weighted by molar-refractivity contribution is 0.634. The molecule has 0 saturated carbocycles. The fourth-order valence-electron chi connectivity index (χ4n) is 10.8. The largest absolute Gasteiger partial charge is 0.309 e. The van der Waals surface area contributed by atoms with Gasteiger partial charge in [0, 0.05) is 21.9 Å². The molecule has 0 fully saturated rings. The van der Waals surface area contributed by atoms with E-state index in [4.69, 9.17) is 0 Å². The Labute approximate surface area is 325 Å². The van der Waals surface area contributed by atoms with E-state index in [9.17, 15) is 4.89 Å². The van der Waals surface area contributed by atoms with Gasteiger partial charge in [-0.25, -0.2) is 4.89 Å². The van der Waals surface area contributed by atoms with Crippen LogP contribution in [0, 0.1) is 0 Å². The SMILES string of the molecule is O[P+]1(c2ccccc2)c2ccccc2-c2cc3c(cc21)-c1cc(-c2cccc4ccccc24)ccc1C31c2ccccc2-n2c3ccccc3c3cccc1c32. The fraction of sp³-hybridized carbons (Fsp3) is 0.0189. The highest BCUT2D eigenvalue weighted by atomic mass is 31.2. The Balaban J connectivity index is 1.21. The smallest absolute Gasteiger partial charge is 0.239 e. The van der Waals surface area contributed by atoms with E-state index < -0.39 is 12.9 Å². The zero-order chi connectivity index (χ0) is 36.8. The standard InChI is InChI=1S/C53H33NOP/c55-56(35-16-2-1-3-17-35)50-27-11-7-20-39(50)43-31-47-42(32-51(43)56)41-30-34(37-21-12-15-33-14-4-5-18-36(33)37)28-29-44(41)53(47)45-23-8-10-26-49(45)54-48-25-9-6-19-38(48)40-22-13-24-46(53)52(40)54/h1-32,55H/q+1. The monoisotopic (exact) mass is 730 g/mol. The van der Waals surface area contributed by atoms with Gasteiger partial charge in [0.05, 0.1) is 22.1 Å². The maximum absolute atomic E-state index is 13.3. The summed E-state index contributed by atoms with van der Waals surface area (Å²) in [5.41, 5.74) is 15.3. The Hall–Kier alpha value is -6.57. The van der Waals surface area contributed by atoms with E-state index in [1.165, 1.54) is 82.8 Å². The lowest BCUT2D eigenvalue weighted by Crippen LogP contribution is -2.33. The van der Waals surface area contributed by atoms with Gasteiger partial charge in [-0.3, -0.25) is 0 Å². The van der Waals surface area contributed by atoms with Gasteiger partial charge in [-0.2, -0.15) is 0 Å². The fourth-order valence-corrected chi connectivity index (χ4v) is 13.9. The Kier molecular flexibility index (Phi) is 5.93. The van der Waals surface area contributed by atoms with Gasteiger partial charge in [0.15, 0.2) is 0 Å². The highest BCUT2D eigenvalue weighted by Gasteiger charge is 2.57. The predicted octanol–water partition coefficient (Wildman–Crippen LogP) is 11.5. The van der Waals surface area contributed by atoms with Crippen LogP contribution in [0.15, 0.2) is 194 Å². The summed E-state index contributed by atoms with van der Waals surface area (Å²) in [6.45, 7) is 0. The third-order valence-corrected chi connectivity index (χ3v) is 16.2. The van der Waals surface area contributed by atoms with Crippen LogP contribution in [0.25, 0.3) is 71.6 Å². The molecular weight excluding hydrogens is 698 g/mol. The second-order valence-electron chi connectivity index (χ2n) is 15.5. The number of benzene rings is 9. The second-order valence-corrected chi connectivity index (χ2v) is 18.3. The van der Waals surface area contributed by atoms with E-state index >= 15 is 0 Å². The molecule has 56 heavy (non-hydrogen) atoms.